The van der Waals surface area contributed by atoms with E-state index in [9.17, 15) is 0 Å². The fourth-order valence-electron chi connectivity index (χ4n) is 4.59. The fraction of sp³-hybridized carbons (Fsp3) is 0.0645. The van der Waals surface area contributed by atoms with Crippen LogP contribution in [0.2, 0.25) is 0 Å². The quantitative estimate of drug-likeness (QED) is 0.179. The molecule has 0 aliphatic rings. The van der Waals surface area contributed by atoms with Crippen molar-refractivity contribution in [2.45, 2.75) is 0 Å². The molecule has 4 aromatic carbocycles. The Morgan fingerprint density at radius 3 is 2.05 bits per heavy atom. The summed E-state index contributed by atoms with van der Waals surface area (Å²) < 4.78 is 5.44. The first-order valence-corrected chi connectivity index (χ1v) is 13.1. The molecule has 0 amide bonds. The molecule has 3 nitrogen and oxygen atoms in total. The van der Waals surface area contributed by atoms with Crippen LogP contribution in [0.4, 0.5) is 0 Å². The van der Waals surface area contributed by atoms with E-state index in [-0.39, 0.29) is 20.1 Å². The predicted molar refractivity (Wildman–Crippen MR) is 156 cm³/mol. The summed E-state index contributed by atoms with van der Waals surface area (Å²) in [6, 6.07) is 35.6. The number of aliphatic hydroxyl groups is 2. The van der Waals surface area contributed by atoms with Crippen LogP contribution in [0.15, 0.2) is 97.2 Å². The summed E-state index contributed by atoms with van der Waals surface area (Å²) >= 11 is 3.81. The minimum Gasteiger partial charge on any atom is -0.400 e. The Kier molecular flexibility index (Phi) is 8.83. The van der Waals surface area contributed by atoms with Crippen LogP contribution < -0.4 is 0 Å². The molecule has 187 valence electrons. The Morgan fingerprint density at radius 2 is 1.32 bits per heavy atom. The van der Waals surface area contributed by atoms with Crippen LogP contribution in [-0.4, -0.2) is 29.4 Å². The smallest absolute Gasteiger partial charge is 0.0540 e. The van der Waals surface area contributed by atoms with Gasteiger partial charge in [-0.05, 0) is 41.1 Å². The molecule has 7 rings (SSSR count). The molecule has 0 saturated heterocycles. The summed E-state index contributed by atoms with van der Waals surface area (Å²) in [6.45, 7) is 0. The average Bonchev–Trinajstić information content (AvgIpc) is 3.54. The van der Waals surface area contributed by atoms with Crippen LogP contribution in [-0.2, 0) is 20.1 Å². The Bertz CT molecular complexity index is 1790. The molecule has 0 fully saturated rings. The molecule has 0 bridgehead atoms. The first kappa shape index (κ1) is 27.1. The maximum atomic E-state index is 7.00. The second-order valence-corrected chi connectivity index (χ2v) is 10.0. The number of benzene rings is 4. The van der Waals surface area contributed by atoms with Crippen LogP contribution in [0.1, 0.15) is 0 Å². The largest absolute Gasteiger partial charge is 0.400 e. The standard InChI is InChI=1S/C29H16NS2.2CH4O.Ir/c1-2-8-18(9-3-1)24-16-19(14-15-30-24)22-17-23-20-10-4-6-12-25(20)31-28(23)29-27(22)21-11-5-7-13-26(21)32-29;2*1-2;/h1-8,10-17H;2*2H,1H3;/q-1;;;. The van der Waals surface area contributed by atoms with Crippen molar-refractivity contribution < 1.29 is 30.3 Å². The minimum atomic E-state index is 0. The Balaban J connectivity index is 0.000000613. The Labute approximate surface area is 237 Å². The van der Waals surface area contributed by atoms with Gasteiger partial charge in [-0.3, -0.25) is 0 Å². The van der Waals surface area contributed by atoms with Gasteiger partial charge < -0.3 is 15.2 Å². The van der Waals surface area contributed by atoms with Crippen LogP contribution in [0.25, 0.3) is 62.7 Å². The molecule has 0 saturated carbocycles. The molecule has 0 aliphatic carbocycles. The van der Waals surface area contributed by atoms with E-state index < -0.39 is 0 Å². The molecule has 0 spiro atoms. The van der Waals surface area contributed by atoms with E-state index >= 15 is 0 Å². The molecule has 7 aromatic rings. The summed E-state index contributed by atoms with van der Waals surface area (Å²) in [5, 5.41) is 19.3. The van der Waals surface area contributed by atoms with Gasteiger partial charge in [-0.25, -0.2) is 0 Å². The number of thiophene rings is 2. The zero-order chi connectivity index (χ0) is 25.1. The topological polar surface area (TPSA) is 53.4 Å². The van der Waals surface area contributed by atoms with Crippen LogP contribution in [0.5, 0.6) is 0 Å². The van der Waals surface area contributed by atoms with Crippen molar-refractivity contribution in [1.29, 1.82) is 0 Å². The van der Waals surface area contributed by atoms with E-state index in [0.29, 0.717) is 0 Å². The van der Waals surface area contributed by atoms with Crippen molar-refractivity contribution in [3.05, 3.63) is 103 Å². The number of hydrogen-bond acceptors (Lipinski definition) is 5. The first-order chi connectivity index (χ1) is 17.9. The van der Waals surface area contributed by atoms with Crippen molar-refractivity contribution in [3.8, 4) is 22.4 Å². The third-order valence-electron chi connectivity index (χ3n) is 6.05. The zero-order valence-corrected chi connectivity index (χ0v) is 24.3. The number of aromatic nitrogens is 1. The molecule has 0 aliphatic heterocycles. The van der Waals surface area contributed by atoms with E-state index in [0.717, 1.165) is 25.5 Å². The van der Waals surface area contributed by atoms with Gasteiger partial charge in [0.2, 0.25) is 0 Å². The second kappa shape index (κ2) is 12.1. The first-order valence-electron chi connectivity index (χ1n) is 11.5. The van der Waals surface area contributed by atoms with E-state index in [4.69, 9.17) is 10.2 Å². The monoisotopic (exact) mass is 699 g/mol. The van der Waals surface area contributed by atoms with E-state index in [1.165, 1.54) is 51.5 Å². The third-order valence-corrected chi connectivity index (χ3v) is 8.57. The minimum absolute atomic E-state index is 0. The summed E-state index contributed by atoms with van der Waals surface area (Å²) in [7, 11) is 2.00. The average molecular weight is 699 g/mol. The van der Waals surface area contributed by atoms with Crippen molar-refractivity contribution in [3.63, 3.8) is 0 Å². The molecule has 6 heteroatoms. The van der Waals surface area contributed by atoms with E-state index in [1.54, 1.807) is 0 Å². The number of fused-ring (bicyclic) bond motifs is 7. The maximum absolute atomic E-state index is 7.00. The fourth-order valence-corrected chi connectivity index (χ4v) is 7.14. The maximum Gasteiger partial charge on any atom is 0.0540 e. The second-order valence-electron chi connectivity index (χ2n) is 7.91. The number of pyridine rings is 1. The summed E-state index contributed by atoms with van der Waals surface area (Å²) in [6.07, 6.45) is 1.92. The van der Waals surface area contributed by atoms with Crippen LogP contribution in [0.3, 0.4) is 0 Å². The van der Waals surface area contributed by atoms with Crippen molar-refractivity contribution in [2.75, 3.05) is 14.2 Å². The molecule has 3 aromatic heterocycles. The van der Waals surface area contributed by atoms with Crippen molar-refractivity contribution in [1.82, 2.24) is 4.98 Å². The molecule has 2 N–H and O–H groups in total. The van der Waals surface area contributed by atoms with Gasteiger partial charge in [-0.15, -0.1) is 58.6 Å². The number of hydrogen-bond donors (Lipinski definition) is 2. The summed E-state index contributed by atoms with van der Waals surface area (Å²) in [5.41, 5.74) is 4.43. The summed E-state index contributed by atoms with van der Waals surface area (Å²) in [4.78, 5) is 4.64. The van der Waals surface area contributed by atoms with Gasteiger partial charge in [-0.2, -0.15) is 0 Å². The molecule has 1 radical (unpaired) electrons. The molecular weight excluding hydrogens is 675 g/mol. The number of rotatable bonds is 2. The van der Waals surface area contributed by atoms with Gasteiger partial charge in [-0.1, -0.05) is 42.5 Å². The van der Waals surface area contributed by atoms with Gasteiger partial charge in [0.1, 0.15) is 0 Å². The normalized spacial score (nSPS) is 10.5. The van der Waals surface area contributed by atoms with E-state index in [1.807, 2.05) is 47.1 Å². The van der Waals surface area contributed by atoms with Gasteiger partial charge in [0.05, 0.1) is 9.40 Å². The molecular formula is C31H24IrNO2S2-. The predicted octanol–water partition coefficient (Wildman–Crippen LogP) is 8.17. The molecule has 0 atom stereocenters. The number of nitrogens with zero attached hydrogens (tertiary/aromatic N) is 1. The molecule has 3 heterocycles. The van der Waals surface area contributed by atoms with E-state index in [2.05, 4.69) is 83.8 Å². The SMILES string of the molecule is CO.CO.[Ir].[c-]1ccccc1-c1cc(-c2cc3c4ccccc4sc3c3sc4ccccc4c23)ccn1. The summed E-state index contributed by atoms with van der Waals surface area (Å²) in [5.74, 6) is 0. The van der Waals surface area contributed by atoms with Gasteiger partial charge >= 0.3 is 0 Å². The molecule has 37 heavy (non-hydrogen) atoms. The molecule has 0 unspecified atom stereocenters. The van der Waals surface area contributed by atoms with Crippen molar-refractivity contribution >= 4 is 63.0 Å². The van der Waals surface area contributed by atoms with Crippen LogP contribution >= 0.6 is 22.7 Å². The van der Waals surface area contributed by atoms with Gasteiger partial charge in [0.15, 0.2) is 0 Å². The van der Waals surface area contributed by atoms with Gasteiger partial charge in [0.25, 0.3) is 0 Å². The van der Waals surface area contributed by atoms with Gasteiger partial charge in [0, 0.05) is 71.5 Å². The Morgan fingerprint density at radius 1 is 0.676 bits per heavy atom. The third kappa shape index (κ3) is 4.85. The van der Waals surface area contributed by atoms with Crippen LogP contribution in [0, 0.1) is 6.07 Å². The number of aliphatic hydroxyl groups excluding tert-OH is 2. The Hall–Kier alpha value is -2.96. The zero-order valence-electron chi connectivity index (χ0n) is 20.2. The van der Waals surface area contributed by atoms with Crippen molar-refractivity contribution in [2.24, 2.45) is 0 Å².